The van der Waals surface area contributed by atoms with Gasteiger partial charge in [-0.25, -0.2) is 4.98 Å². The van der Waals surface area contributed by atoms with Crippen LogP contribution in [0.2, 0.25) is 0 Å². The SMILES string of the molecule is Brc1nc2ccccc2n1-c1ccc2c(c1)c1ccccc1n2-c1ccccc1. The number of hydrogen-bond acceptors (Lipinski definition) is 1. The fourth-order valence-corrected chi connectivity index (χ4v) is 4.78. The van der Waals surface area contributed by atoms with Gasteiger partial charge in [-0.15, -0.1) is 0 Å². The monoisotopic (exact) mass is 437 g/mol. The summed E-state index contributed by atoms with van der Waals surface area (Å²) in [6.45, 7) is 0. The summed E-state index contributed by atoms with van der Waals surface area (Å²) in [4.78, 5) is 4.66. The Balaban J connectivity index is 1.69. The highest BCUT2D eigenvalue weighted by atomic mass is 79.9. The van der Waals surface area contributed by atoms with Gasteiger partial charge < -0.3 is 4.57 Å². The van der Waals surface area contributed by atoms with E-state index in [1.54, 1.807) is 0 Å². The Hall–Kier alpha value is -3.37. The predicted octanol–water partition coefficient (Wildman–Crippen LogP) is 6.89. The van der Waals surface area contributed by atoms with Crippen LogP contribution in [-0.2, 0) is 0 Å². The molecule has 0 saturated carbocycles. The highest BCUT2D eigenvalue weighted by Crippen LogP contribution is 2.34. The van der Waals surface area contributed by atoms with Crippen molar-refractivity contribution in [2.24, 2.45) is 0 Å². The van der Waals surface area contributed by atoms with Gasteiger partial charge in [0.05, 0.1) is 22.1 Å². The molecule has 0 aliphatic rings. The van der Waals surface area contributed by atoms with Gasteiger partial charge in [-0.2, -0.15) is 0 Å². The van der Waals surface area contributed by atoms with Crippen molar-refractivity contribution < 1.29 is 0 Å². The second kappa shape index (κ2) is 6.33. The van der Waals surface area contributed by atoms with Crippen LogP contribution in [0.3, 0.4) is 0 Å². The topological polar surface area (TPSA) is 22.8 Å². The second-order valence-electron chi connectivity index (χ2n) is 7.09. The molecule has 2 heterocycles. The van der Waals surface area contributed by atoms with Gasteiger partial charge >= 0.3 is 0 Å². The minimum atomic E-state index is 0.810. The van der Waals surface area contributed by atoms with E-state index in [1.165, 1.54) is 27.5 Å². The molecule has 6 rings (SSSR count). The number of rotatable bonds is 2. The number of hydrogen-bond donors (Lipinski definition) is 0. The first-order chi connectivity index (χ1) is 14.3. The van der Waals surface area contributed by atoms with Gasteiger partial charge in [-0.1, -0.05) is 48.5 Å². The van der Waals surface area contributed by atoms with E-state index in [0.717, 1.165) is 21.5 Å². The molecule has 0 radical (unpaired) electrons. The quantitative estimate of drug-likeness (QED) is 0.289. The summed E-state index contributed by atoms with van der Waals surface area (Å²) in [6, 6.07) is 33.9. The third kappa shape index (κ3) is 2.46. The molecule has 0 atom stereocenters. The van der Waals surface area contributed by atoms with Crippen LogP contribution in [0.1, 0.15) is 0 Å². The van der Waals surface area contributed by atoms with E-state index >= 15 is 0 Å². The summed E-state index contributed by atoms with van der Waals surface area (Å²) in [6.07, 6.45) is 0. The summed E-state index contributed by atoms with van der Waals surface area (Å²) in [5.74, 6) is 0. The summed E-state index contributed by atoms with van der Waals surface area (Å²) in [7, 11) is 0. The first-order valence-corrected chi connectivity index (χ1v) is 10.3. The third-order valence-electron chi connectivity index (χ3n) is 5.45. The lowest BCUT2D eigenvalue weighted by Gasteiger charge is -2.09. The van der Waals surface area contributed by atoms with Crippen LogP contribution in [0.25, 0.3) is 44.2 Å². The van der Waals surface area contributed by atoms with Crippen molar-refractivity contribution in [1.82, 2.24) is 14.1 Å². The standard InChI is InChI=1S/C25H16BrN3/c26-25-27-21-11-5-7-13-24(21)29(25)18-14-15-23-20(16-18)19-10-4-6-12-22(19)28(23)17-8-2-1-3-9-17/h1-16H. The zero-order valence-electron chi connectivity index (χ0n) is 15.5. The maximum Gasteiger partial charge on any atom is 0.182 e. The molecule has 6 aromatic rings. The fraction of sp³-hybridized carbons (Fsp3) is 0. The number of halogens is 1. The van der Waals surface area contributed by atoms with E-state index in [-0.39, 0.29) is 0 Å². The number of nitrogens with zero attached hydrogens (tertiary/aromatic N) is 3. The minimum Gasteiger partial charge on any atom is -0.309 e. The molecule has 29 heavy (non-hydrogen) atoms. The summed E-state index contributed by atoms with van der Waals surface area (Å²) >= 11 is 3.65. The number of aromatic nitrogens is 3. The van der Waals surface area contributed by atoms with Crippen LogP contribution in [0.15, 0.2) is 102 Å². The molecular weight excluding hydrogens is 422 g/mol. The lowest BCUT2D eigenvalue weighted by atomic mass is 10.1. The molecule has 0 spiro atoms. The Kier molecular flexibility index (Phi) is 3.61. The van der Waals surface area contributed by atoms with Crippen LogP contribution in [0.5, 0.6) is 0 Å². The van der Waals surface area contributed by atoms with Crippen LogP contribution in [0.4, 0.5) is 0 Å². The first kappa shape index (κ1) is 16.6. The van der Waals surface area contributed by atoms with Gasteiger partial charge in [0.25, 0.3) is 0 Å². The van der Waals surface area contributed by atoms with Crippen LogP contribution in [0, 0.1) is 0 Å². The highest BCUT2D eigenvalue weighted by molar-refractivity contribution is 9.10. The van der Waals surface area contributed by atoms with Gasteiger partial charge in [0.2, 0.25) is 0 Å². The van der Waals surface area contributed by atoms with Crippen molar-refractivity contribution in [1.29, 1.82) is 0 Å². The van der Waals surface area contributed by atoms with E-state index in [2.05, 4.69) is 109 Å². The molecule has 0 aliphatic heterocycles. The van der Waals surface area contributed by atoms with Gasteiger partial charge in [0, 0.05) is 22.1 Å². The molecule has 0 N–H and O–H groups in total. The van der Waals surface area contributed by atoms with Gasteiger partial charge in [-0.05, 0) is 64.5 Å². The molecule has 4 heteroatoms. The van der Waals surface area contributed by atoms with Crippen molar-refractivity contribution in [2.45, 2.75) is 0 Å². The van der Waals surface area contributed by atoms with E-state index in [1.807, 2.05) is 18.2 Å². The number of imidazole rings is 1. The van der Waals surface area contributed by atoms with E-state index in [0.29, 0.717) is 0 Å². The number of para-hydroxylation sites is 4. The molecular formula is C25H16BrN3. The Bertz CT molecular complexity index is 1510. The van der Waals surface area contributed by atoms with Crippen molar-refractivity contribution in [3.8, 4) is 11.4 Å². The normalized spacial score (nSPS) is 11.6. The maximum atomic E-state index is 4.66. The maximum absolute atomic E-state index is 4.66. The number of benzene rings is 4. The molecule has 0 aliphatic carbocycles. The van der Waals surface area contributed by atoms with Gasteiger partial charge in [-0.3, -0.25) is 4.57 Å². The Morgan fingerprint density at radius 3 is 2.10 bits per heavy atom. The Morgan fingerprint density at radius 2 is 1.24 bits per heavy atom. The van der Waals surface area contributed by atoms with Crippen LogP contribution < -0.4 is 0 Å². The van der Waals surface area contributed by atoms with Crippen molar-refractivity contribution in [3.63, 3.8) is 0 Å². The van der Waals surface area contributed by atoms with Crippen LogP contribution >= 0.6 is 15.9 Å². The largest absolute Gasteiger partial charge is 0.309 e. The number of fused-ring (bicyclic) bond motifs is 4. The summed E-state index contributed by atoms with van der Waals surface area (Å²) in [5.41, 5.74) is 6.73. The Labute approximate surface area is 176 Å². The lowest BCUT2D eigenvalue weighted by Crippen LogP contribution is -1.95. The average molecular weight is 438 g/mol. The average Bonchev–Trinajstić information content (AvgIpc) is 3.28. The molecule has 0 saturated heterocycles. The zero-order chi connectivity index (χ0) is 19.4. The fourth-order valence-electron chi connectivity index (χ4n) is 4.20. The highest BCUT2D eigenvalue weighted by Gasteiger charge is 2.15. The van der Waals surface area contributed by atoms with Gasteiger partial charge in [0.15, 0.2) is 4.73 Å². The van der Waals surface area contributed by atoms with Crippen molar-refractivity contribution in [2.75, 3.05) is 0 Å². The molecule has 0 bridgehead atoms. The van der Waals surface area contributed by atoms with Crippen LogP contribution in [-0.4, -0.2) is 14.1 Å². The summed E-state index contributed by atoms with van der Waals surface area (Å²) < 4.78 is 5.30. The van der Waals surface area contributed by atoms with Crippen molar-refractivity contribution >= 4 is 48.8 Å². The molecule has 4 aromatic carbocycles. The van der Waals surface area contributed by atoms with E-state index in [4.69, 9.17) is 0 Å². The smallest absolute Gasteiger partial charge is 0.182 e. The second-order valence-corrected chi connectivity index (χ2v) is 7.80. The van der Waals surface area contributed by atoms with Gasteiger partial charge in [0.1, 0.15) is 0 Å². The van der Waals surface area contributed by atoms with Crippen molar-refractivity contribution in [3.05, 3.63) is 102 Å². The third-order valence-corrected chi connectivity index (χ3v) is 5.98. The molecule has 2 aromatic heterocycles. The van der Waals surface area contributed by atoms with E-state index < -0.39 is 0 Å². The molecule has 3 nitrogen and oxygen atoms in total. The summed E-state index contributed by atoms with van der Waals surface area (Å²) in [5, 5.41) is 2.47. The predicted molar refractivity (Wildman–Crippen MR) is 123 cm³/mol. The lowest BCUT2D eigenvalue weighted by molar-refractivity contribution is 1.05. The molecule has 0 fully saturated rings. The molecule has 138 valence electrons. The minimum absolute atomic E-state index is 0.810. The molecule has 0 unspecified atom stereocenters. The first-order valence-electron chi connectivity index (χ1n) is 9.53. The molecule has 0 amide bonds. The van der Waals surface area contributed by atoms with E-state index in [9.17, 15) is 0 Å². The zero-order valence-corrected chi connectivity index (χ0v) is 17.0. The Morgan fingerprint density at radius 1 is 0.552 bits per heavy atom.